The van der Waals surface area contributed by atoms with Crippen molar-refractivity contribution in [2.45, 2.75) is 6.61 Å². The van der Waals surface area contributed by atoms with Crippen molar-refractivity contribution in [2.75, 3.05) is 0 Å². The van der Waals surface area contributed by atoms with Gasteiger partial charge < -0.3 is 4.74 Å². The lowest BCUT2D eigenvalue weighted by Gasteiger charge is -2.07. The van der Waals surface area contributed by atoms with E-state index in [0.717, 1.165) is 16.1 Å². The highest BCUT2D eigenvalue weighted by Crippen LogP contribution is 2.20. The predicted molar refractivity (Wildman–Crippen MR) is 69.6 cm³/mol. The zero-order valence-electron chi connectivity index (χ0n) is 9.36. The molecule has 0 aliphatic carbocycles. The van der Waals surface area contributed by atoms with Crippen LogP contribution in [0.2, 0.25) is 0 Å². The summed E-state index contributed by atoms with van der Waals surface area (Å²) in [7, 11) is 0. The molecule has 4 heteroatoms. The molecule has 0 spiro atoms. The number of benzene rings is 2. The van der Waals surface area contributed by atoms with Crippen LogP contribution in [0, 0.1) is 17.1 Å². The van der Waals surface area contributed by atoms with Crippen LogP contribution >= 0.6 is 15.9 Å². The molecule has 2 aromatic rings. The third-order valence-electron chi connectivity index (χ3n) is 2.34. The van der Waals surface area contributed by atoms with Crippen LogP contribution in [0.3, 0.4) is 0 Å². The van der Waals surface area contributed by atoms with Crippen molar-refractivity contribution in [3.05, 3.63) is 63.9 Å². The summed E-state index contributed by atoms with van der Waals surface area (Å²) >= 11 is 3.36. The van der Waals surface area contributed by atoms with Crippen LogP contribution < -0.4 is 4.74 Å². The van der Waals surface area contributed by atoms with Crippen LogP contribution in [-0.4, -0.2) is 0 Å². The van der Waals surface area contributed by atoms with Crippen molar-refractivity contribution in [3.8, 4) is 11.8 Å². The Hall–Kier alpha value is -1.86. The van der Waals surface area contributed by atoms with Crippen molar-refractivity contribution in [3.63, 3.8) is 0 Å². The van der Waals surface area contributed by atoms with Crippen LogP contribution in [0.15, 0.2) is 46.9 Å². The topological polar surface area (TPSA) is 33.0 Å². The minimum Gasteiger partial charge on any atom is -0.486 e. The van der Waals surface area contributed by atoms with Gasteiger partial charge in [0.05, 0.1) is 11.6 Å². The Kier molecular flexibility index (Phi) is 3.96. The average Bonchev–Trinajstić information content (AvgIpc) is 2.37. The maximum Gasteiger partial charge on any atom is 0.166 e. The number of hydrogen-bond acceptors (Lipinski definition) is 2. The van der Waals surface area contributed by atoms with Gasteiger partial charge in [0.25, 0.3) is 0 Å². The Morgan fingerprint density at radius 3 is 2.72 bits per heavy atom. The van der Waals surface area contributed by atoms with Gasteiger partial charge in [-0.1, -0.05) is 28.1 Å². The molecule has 2 aromatic carbocycles. The van der Waals surface area contributed by atoms with Crippen LogP contribution in [0.1, 0.15) is 11.1 Å². The Balaban J connectivity index is 2.09. The van der Waals surface area contributed by atoms with Gasteiger partial charge in [0, 0.05) is 4.47 Å². The Morgan fingerprint density at radius 2 is 2.06 bits per heavy atom. The summed E-state index contributed by atoms with van der Waals surface area (Å²) in [4.78, 5) is 0. The van der Waals surface area contributed by atoms with Gasteiger partial charge in [-0.05, 0) is 35.9 Å². The van der Waals surface area contributed by atoms with E-state index in [1.807, 2.05) is 30.3 Å². The van der Waals surface area contributed by atoms with Gasteiger partial charge in [0.15, 0.2) is 11.6 Å². The lowest BCUT2D eigenvalue weighted by molar-refractivity contribution is 0.290. The maximum absolute atomic E-state index is 13.5. The van der Waals surface area contributed by atoms with Crippen molar-refractivity contribution in [2.24, 2.45) is 0 Å². The highest BCUT2D eigenvalue weighted by atomic mass is 79.9. The fraction of sp³-hybridized carbons (Fsp3) is 0.0714. The van der Waals surface area contributed by atoms with Crippen molar-refractivity contribution in [1.82, 2.24) is 0 Å². The zero-order chi connectivity index (χ0) is 13.0. The highest BCUT2D eigenvalue weighted by Gasteiger charge is 2.05. The van der Waals surface area contributed by atoms with Gasteiger partial charge in [-0.3, -0.25) is 0 Å². The van der Waals surface area contributed by atoms with E-state index in [-0.39, 0.29) is 17.9 Å². The summed E-state index contributed by atoms with van der Waals surface area (Å²) in [6.07, 6.45) is 0. The van der Waals surface area contributed by atoms with Crippen molar-refractivity contribution < 1.29 is 9.13 Å². The summed E-state index contributed by atoms with van der Waals surface area (Å²) < 4.78 is 19.9. The molecule has 0 aromatic heterocycles. The van der Waals surface area contributed by atoms with Crippen LogP contribution in [0.25, 0.3) is 0 Å². The molecule has 18 heavy (non-hydrogen) atoms. The van der Waals surface area contributed by atoms with E-state index in [4.69, 9.17) is 10.00 Å². The molecule has 0 aliphatic heterocycles. The van der Waals surface area contributed by atoms with Crippen LogP contribution in [0.5, 0.6) is 5.75 Å². The summed E-state index contributed by atoms with van der Waals surface area (Å²) in [6, 6.07) is 13.6. The number of nitriles is 1. The lowest BCUT2D eigenvalue weighted by atomic mass is 10.2. The smallest absolute Gasteiger partial charge is 0.166 e. The van der Waals surface area contributed by atoms with E-state index in [1.165, 1.54) is 12.1 Å². The molecule has 0 atom stereocenters. The minimum atomic E-state index is -0.524. The number of ether oxygens (including phenoxy) is 1. The van der Waals surface area contributed by atoms with Crippen molar-refractivity contribution >= 4 is 15.9 Å². The van der Waals surface area contributed by atoms with Gasteiger partial charge in [-0.15, -0.1) is 0 Å². The minimum absolute atomic E-state index is 0.147. The lowest BCUT2D eigenvalue weighted by Crippen LogP contribution is -1.97. The van der Waals surface area contributed by atoms with Crippen molar-refractivity contribution in [1.29, 1.82) is 5.26 Å². The second kappa shape index (κ2) is 5.65. The molecule has 0 saturated heterocycles. The highest BCUT2D eigenvalue weighted by molar-refractivity contribution is 9.10. The first-order valence-corrected chi connectivity index (χ1v) is 6.05. The third-order valence-corrected chi connectivity index (χ3v) is 2.84. The predicted octanol–water partition coefficient (Wildman–Crippen LogP) is 4.04. The second-order valence-electron chi connectivity index (χ2n) is 3.68. The number of rotatable bonds is 3. The number of nitrogens with zero attached hydrogens (tertiary/aromatic N) is 1. The fourth-order valence-electron chi connectivity index (χ4n) is 1.48. The van der Waals surface area contributed by atoms with E-state index in [0.29, 0.717) is 0 Å². The molecular weight excluding hydrogens is 297 g/mol. The Bertz CT molecular complexity index is 607. The summed E-state index contributed by atoms with van der Waals surface area (Å²) in [5, 5.41) is 8.63. The number of halogens is 2. The molecule has 90 valence electrons. The van der Waals surface area contributed by atoms with E-state index >= 15 is 0 Å². The summed E-state index contributed by atoms with van der Waals surface area (Å²) in [5.74, 6) is -0.377. The van der Waals surface area contributed by atoms with Gasteiger partial charge in [-0.25, -0.2) is 4.39 Å². The molecule has 0 aliphatic rings. The Labute approximate surface area is 113 Å². The van der Waals surface area contributed by atoms with Gasteiger partial charge in [0.1, 0.15) is 6.61 Å². The molecule has 0 fully saturated rings. The van der Waals surface area contributed by atoms with Crippen LogP contribution in [-0.2, 0) is 6.61 Å². The molecule has 2 nitrogen and oxygen atoms in total. The van der Waals surface area contributed by atoms with Gasteiger partial charge in [-0.2, -0.15) is 5.26 Å². The first-order valence-electron chi connectivity index (χ1n) is 5.26. The fourth-order valence-corrected chi connectivity index (χ4v) is 1.92. The monoisotopic (exact) mass is 305 g/mol. The molecule has 0 heterocycles. The Morgan fingerprint density at radius 1 is 1.22 bits per heavy atom. The summed E-state index contributed by atoms with van der Waals surface area (Å²) in [5.41, 5.74) is 1.22. The molecule has 0 bridgehead atoms. The largest absolute Gasteiger partial charge is 0.486 e. The molecule has 0 N–H and O–H groups in total. The summed E-state index contributed by atoms with van der Waals surface area (Å²) in [6.45, 7) is 0.280. The van der Waals surface area contributed by atoms with E-state index in [2.05, 4.69) is 15.9 Å². The number of hydrogen-bond donors (Lipinski definition) is 0. The quantitative estimate of drug-likeness (QED) is 0.857. The first-order chi connectivity index (χ1) is 8.69. The molecule has 2 rings (SSSR count). The average molecular weight is 306 g/mol. The first kappa shape index (κ1) is 12.6. The van der Waals surface area contributed by atoms with Gasteiger partial charge in [0.2, 0.25) is 0 Å². The van der Waals surface area contributed by atoms with Crippen LogP contribution in [0.4, 0.5) is 4.39 Å². The van der Waals surface area contributed by atoms with E-state index in [9.17, 15) is 4.39 Å². The molecule has 0 amide bonds. The normalized spacial score (nSPS) is 9.83. The molecule has 0 radical (unpaired) electrons. The van der Waals surface area contributed by atoms with E-state index < -0.39 is 5.82 Å². The SMILES string of the molecule is N#Cc1ccc(OCc2cccc(Br)c2)c(F)c1. The molecule has 0 unspecified atom stereocenters. The molecular formula is C14H9BrFNO. The van der Waals surface area contributed by atoms with E-state index in [1.54, 1.807) is 0 Å². The zero-order valence-corrected chi connectivity index (χ0v) is 10.9. The molecule has 0 saturated carbocycles. The standard InChI is InChI=1S/C14H9BrFNO/c15-12-3-1-2-11(6-12)9-18-14-5-4-10(8-17)7-13(14)16/h1-7H,9H2. The third kappa shape index (κ3) is 3.08. The maximum atomic E-state index is 13.5. The van der Waals surface area contributed by atoms with Gasteiger partial charge >= 0.3 is 0 Å². The second-order valence-corrected chi connectivity index (χ2v) is 4.59.